The van der Waals surface area contributed by atoms with E-state index in [0.717, 1.165) is 24.8 Å². The van der Waals surface area contributed by atoms with Crippen molar-refractivity contribution in [3.8, 4) is 0 Å². The van der Waals surface area contributed by atoms with Crippen LogP contribution in [-0.4, -0.2) is 17.0 Å². The van der Waals surface area contributed by atoms with Gasteiger partial charge in [0, 0.05) is 6.54 Å². The molecule has 4 heteroatoms. The quantitative estimate of drug-likeness (QED) is 0.798. The summed E-state index contributed by atoms with van der Waals surface area (Å²) in [6.45, 7) is 4.15. The molecular weight excluding hydrogens is 242 g/mol. The van der Waals surface area contributed by atoms with E-state index in [9.17, 15) is 9.59 Å². The highest BCUT2D eigenvalue weighted by atomic mass is 16.4. The summed E-state index contributed by atoms with van der Waals surface area (Å²) in [5, 5.41) is 11.7. The van der Waals surface area contributed by atoms with Crippen LogP contribution in [-0.2, 0) is 11.3 Å². The van der Waals surface area contributed by atoms with Crippen LogP contribution in [0.15, 0.2) is 36.9 Å². The van der Waals surface area contributed by atoms with Gasteiger partial charge in [-0.1, -0.05) is 24.6 Å². The standard InChI is InChI=1S/C15H17NO3/c1-2-15(8-3-9-15)14(19)16-10-11-4-6-12(7-5-11)13(17)18/h2,4-7H,1,3,8-10H2,(H,16,19)(H,17,18). The molecule has 0 aromatic heterocycles. The number of carboxylic acid groups (broad SMARTS) is 1. The third kappa shape index (κ3) is 2.67. The summed E-state index contributed by atoms with van der Waals surface area (Å²) in [5.74, 6) is -0.938. The highest BCUT2D eigenvalue weighted by Crippen LogP contribution is 2.42. The molecule has 0 saturated heterocycles. The number of nitrogens with one attached hydrogen (secondary N) is 1. The molecule has 1 aromatic carbocycles. The van der Waals surface area contributed by atoms with E-state index in [2.05, 4.69) is 11.9 Å². The van der Waals surface area contributed by atoms with Gasteiger partial charge in [-0.05, 0) is 30.5 Å². The molecule has 0 atom stereocenters. The Morgan fingerprint density at radius 1 is 1.32 bits per heavy atom. The van der Waals surface area contributed by atoms with Crippen molar-refractivity contribution in [2.45, 2.75) is 25.8 Å². The maximum absolute atomic E-state index is 12.1. The van der Waals surface area contributed by atoms with Gasteiger partial charge in [-0.2, -0.15) is 0 Å². The summed E-state index contributed by atoms with van der Waals surface area (Å²) < 4.78 is 0. The number of aromatic carboxylic acids is 1. The first-order valence-corrected chi connectivity index (χ1v) is 6.31. The van der Waals surface area contributed by atoms with Gasteiger partial charge in [-0.3, -0.25) is 4.79 Å². The molecule has 1 aromatic rings. The smallest absolute Gasteiger partial charge is 0.335 e. The lowest BCUT2D eigenvalue weighted by Gasteiger charge is -2.37. The molecule has 1 aliphatic carbocycles. The summed E-state index contributed by atoms with van der Waals surface area (Å²) in [7, 11) is 0. The van der Waals surface area contributed by atoms with E-state index in [1.165, 1.54) is 12.1 Å². The Bertz CT molecular complexity index is 501. The number of hydrogen-bond acceptors (Lipinski definition) is 2. The molecule has 1 fully saturated rings. The van der Waals surface area contributed by atoms with Gasteiger partial charge in [0.25, 0.3) is 0 Å². The van der Waals surface area contributed by atoms with Gasteiger partial charge >= 0.3 is 5.97 Å². The van der Waals surface area contributed by atoms with Crippen LogP contribution in [0.1, 0.15) is 35.2 Å². The molecule has 0 heterocycles. The predicted octanol–water partition coefficient (Wildman–Crippen LogP) is 2.36. The highest BCUT2D eigenvalue weighted by Gasteiger charge is 2.40. The van der Waals surface area contributed by atoms with Gasteiger partial charge in [0.2, 0.25) is 5.91 Å². The lowest BCUT2D eigenvalue weighted by molar-refractivity contribution is -0.132. The first kappa shape index (κ1) is 13.3. The number of rotatable bonds is 5. The molecule has 1 aliphatic rings. The molecule has 2 N–H and O–H groups in total. The zero-order valence-electron chi connectivity index (χ0n) is 10.7. The van der Waals surface area contributed by atoms with Crippen molar-refractivity contribution in [1.29, 1.82) is 0 Å². The molecule has 0 radical (unpaired) electrons. The second kappa shape index (κ2) is 5.26. The van der Waals surface area contributed by atoms with Crippen LogP contribution in [0, 0.1) is 5.41 Å². The number of hydrogen-bond donors (Lipinski definition) is 2. The van der Waals surface area contributed by atoms with Crippen molar-refractivity contribution in [2.75, 3.05) is 0 Å². The largest absolute Gasteiger partial charge is 0.478 e. The molecule has 0 bridgehead atoms. The topological polar surface area (TPSA) is 66.4 Å². The number of carboxylic acids is 1. The molecule has 100 valence electrons. The zero-order valence-corrected chi connectivity index (χ0v) is 10.7. The minimum Gasteiger partial charge on any atom is -0.478 e. The van der Waals surface area contributed by atoms with Crippen LogP contribution in [0.2, 0.25) is 0 Å². The maximum Gasteiger partial charge on any atom is 0.335 e. The van der Waals surface area contributed by atoms with Crippen molar-refractivity contribution in [3.63, 3.8) is 0 Å². The molecule has 0 spiro atoms. The third-order valence-corrected chi connectivity index (χ3v) is 3.74. The first-order chi connectivity index (χ1) is 9.07. The Morgan fingerprint density at radius 2 is 1.95 bits per heavy atom. The minimum atomic E-state index is -0.948. The van der Waals surface area contributed by atoms with Gasteiger partial charge in [-0.15, -0.1) is 6.58 Å². The first-order valence-electron chi connectivity index (χ1n) is 6.31. The molecule has 19 heavy (non-hydrogen) atoms. The summed E-state index contributed by atoms with van der Waals surface area (Å²) >= 11 is 0. The van der Waals surface area contributed by atoms with E-state index in [4.69, 9.17) is 5.11 Å². The number of benzene rings is 1. The van der Waals surface area contributed by atoms with Crippen molar-refractivity contribution in [1.82, 2.24) is 5.32 Å². The number of carbonyl (C=O) groups is 2. The van der Waals surface area contributed by atoms with Crippen LogP contribution >= 0.6 is 0 Å². The van der Waals surface area contributed by atoms with E-state index in [-0.39, 0.29) is 16.9 Å². The van der Waals surface area contributed by atoms with E-state index < -0.39 is 5.97 Å². The molecule has 1 saturated carbocycles. The molecule has 2 rings (SSSR count). The average Bonchev–Trinajstić information content (AvgIpc) is 2.36. The average molecular weight is 259 g/mol. The van der Waals surface area contributed by atoms with Gasteiger partial charge in [0.15, 0.2) is 0 Å². The fraction of sp³-hybridized carbons (Fsp3) is 0.333. The SMILES string of the molecule is C=CC1(C(=O)NCc2ccc(C(=O)O)cc2)CCC1. The lowest BCUT2D eigenvalue weighted by Crippen LogP contribution is -2.43. The second-order valence-electron chi connectivity index (χ2n) is 4.90. The van der Waals surface area contributed by atoms with Crippen LogP contribution < -0.4 is 5.32 Å². The Kier molecular flexibility index (Phi) is 3.69. The summed E-state index contributed by atoms with van der Waals surface area (Å²) in [4.78, 5) is 22.8. The fourth-order valence-corrected chi connectivity index (χ4v) is 2.21. The van der Waals surface area contributed by atoms with Crippen LogP contribution in [0.25, 0.3) is 0 Å². The number of amides is 1. The Balaban J connectivity index is 1.93. The Hall–Kier alpha value is -2.10. The Labute approximate surface area is 112 Å². The fourth-order valence-electron chi connectivity index (χ4n) is 2.21. The highest BCUT2D eigenvalue weighted by molar-refractivity contribution is 5.87. The molecule has 4 nitrogen and oxygen atoms in total. The van der Waals surface area contributed by atoms with E-state index in [1.54, 1.807) is 18.2 Å². The van der Waals surface area contributed by atoms with Crippen LogP contribution in [0.4, 0.5) is 0 Å². The van der Waals surface area contributed by atoms with Gasteiger partial charge < -0.3 is 10.4 Å². The van der Waals surface area contributed by atoms with Crippen molar-refractivity contribution in [3.05, 3.63) is 48.0 Å². The van der Waals surface area contributed by atoms with Crippen LogP contribution in [0.3, 0.4) is 0 Å². The van der Waals surface area contributed by atoms with Crippen LogP contribution in [0.5, 0.6) is 0 Å². The van der Waals surface area contributed by atoms with Gasteiger partial charge in [-0.25, -0.2) is 4.79 Å². The maximum atomic E-state index is 12.1. The third-order valence-electron chi connectivity index (χ3n) is 3.74. The molecular formula is C15H17NO3. The minimum absolute atomic E-state index is 0.0102. The zero-order chi connectivity index (χ0) is 13.9. The lowest BCUT2D eigenvalue weighted by atomic mass is 9.68. The van der Waals surface area contributed by atoms with E-state index in [0.29, 0.717) is 6.54 Å². The normalized spacial score (nSPS) is 16.2. The van der Waals surface area contributed by atoms with Crippen molar-refractivity contribution >= 4 is 11.9 Å². The van der Waals surface area contributed by atoms with E-state index in [1.807, 2.05) is 0 Å². The predicted molar refractivity (Wildman–Crippen MR) is 71.7 cm³/mol. The summed E-state index contributed by atoms with van der Waals surface area (Å²) in [6.07, 6.45) is 4.52. The summed E-state index contributed by atoms with van der Waals surface area (Å²) in [5.41, 5.74) is 0.745. The van der Waals surface area contributed by atoms with E-state index >= 15 is 0 Å². The Morgan fingerprint density at radius 3 is 2.37 bits per heavy atom. The molecule has 0 unspecified atom stereocenters. The summed E-state index contributed by atoms with van der Waals surface area (Å²) in [6, 6.07) is 6.50. The monoisotopic (exact) mass is 259 g/mol. The molecule has 1 amide bonds. The van der Waals surface area contributed by atoms with Crippen molar-refractivity contribution in [2.24, 2.45) is 5.41 Å². The van der Waals surface area contributed by atoms with Gasteiger partial charge in [0.1, 0.15) is 0 Å². The van der Waals surface area contributed by atoms with Gasteiger partial charge in [0.05, 0.1) is 11.0 Å². The molecule has 0 aliphatic heterocycles. The van der Waals surface area contributed by atoms with Crippen molar-refractivity contribution < 1.29 is 14.7 Å². The number of carbonyl (C=O) groups excluding carboxylic acids is 1. The second-order valence-corrected chi connectivity index (χ2v) is 4.90.